The van der Waals surface area contributed by atoms with E-state index in [9.17, 15) is 18.0 Å². The van der Waals surface area contributed by atoms with E-state index < -0.39 is 10.0 Å². The van der Waals surface area contributed by atoms with E-state index in [0.717, 1.165) is 24.2 Å². The third-order valence-corrected chi connectivity index (χ3v) is 8.14. The van der Waals surface area contributed by atoms with Crippen molar-refractivity contribution in [1.82, 2.24) is 9.62 Å². The first-order valence-corrected chi connectivity index (χ1v) is 11.9. The smallest absolute Gasteiger partial charge is 0.251 e. The predicted molar refractivity (Wildman–Crippen MR) is 117 cm³/mol. The Morgan fingerprint density at radius 1 is 1.03 bits per heavy atom. The number of sulfonamides is 1. The van der Waals surface area contributed by atoms with Crippen molar-refractivity contribution in [3.05, 3.63) is 54.1 Å². The number of fused-ring (bicyclic) bond motifs is 3. The van der Waals surface area contributed by atoms with Crippen molar-refractivity contribution in [2.24, 2.45) is 0 Å². The lowest BCUT2D eigenvalue weighted by Crippen LogP contribution is -2.44. The molecule has 0 aliphatic carbocycles. The zero-order chi connectivity index (χ0) is 21.6. The third kappa shape index (κ3) is 3.57. The molecule has 2 aromatic carbocycles. The van der Waals surface area contributed by atoms with Crippen LogP contribution in [0, 0.1) is 0 Å². The maximum absolute atomic E-state index is 12.8. The topological polar surface area (TPSA) is 98.8 Å². The minimum absolute atomic E-state index is 0.0630. The maximum atomic E-state index is 12.8. The third-order valence-electron chi connectivity index (χ3n) is 6.23. The number of amides is 2. The van der Waals surface area contributed by atoms with E-state index in [2.05, 4.69) is 10.6 Å². The van der Waals surface area contributed by atoms with Gasteiger partial charge in [-0.05, 0) is 55.7 Å². The molecule has 9 heteroatoms. The standard InChI is InChI=1S/C22H24N4O4S/c27-21(15-7-9-17(10-8-15)31(29,30)25-11-3-4-12-25)23-16-13-20-22(28)24-18-5-1-2-6-19(18)26(20)14-16/h1-2,5-10,16,20H,3-4,11-14H2,(H,23,27)(H,24,28). The fourth-order valence-corrected chi connectivity index (χ4v) is 6.14. The summed E-state index contributed by atoms with van der Waals surface area (Å²) in [6, 6.07) is 13.2. The average Bonchev–Trinajstić information content (AvgIpc) is 3.45. The van der Waals surface area contributed by atoms with Crippen LogP contribution in [0.5, 0.6) is 0 Å². The van der Waals surface area contributed by atoms with Gasteiger partial charge in [-0.2, -0.15) is 4.31 Å². The van der Waals surface area contributed by atoms with Crippen molar-refractivity contribution in [3.63, 3.8) is 0 Å². The summed E-state index contributed by atoms with van der Waals surface area (Å²) in [6.45, 7) is 1.63. The van der Waals surface area contributed by atoms with E-state index in [-0.39, 0.29) is 28.8 Å². The number of carbonyl (C=O) groups is 2. The van der Waals surface area contributed by atoms with Crippen LogP contribution in [0.1, 0.15) is 29.6 Å². The molecule has 5 rings (SSSR count). The Balaban J connectivity index is 1.28. The van der Waals surface area contributed by atoms with Crippen LogP contribution in [-0.4, -0.2) is 56.3 Å². The van der Waals surface area contributed by atoms with Crippen LogP contribution >= 0.6 is 0 Å². The number of nitrogens with one attached hydrogen (secondary N) is 2. The number of anilines is 2. The van der Waals surface area contributed by atoms with Gasteiger partial charge in [0.2, 0.25) is 15.9 Å². The molecule has 0 aromatic heterocycles. The molecule has 8 nitrogen and oxygen atoms in total. The molecule has 0 bridgehead atoms. The summed E-state index contributed by atoms with van der Waals surface area (Å²) in [6.07, 6.45) is 2.27. The maximum Gasteiger partial charge on any atom is 0.251 e. The molecule has 162 valence electrons. The second-order valence-electron chi connectivity index (χ2n) is 8.22. The van der Waals surface area contributed by atoms with E-state index in [1.54, 1.807) is 12.1 Å². The van der Waals surface area contributed by atoms with Crippen molar-refractivity contribution in [1.29, 1.82) is 0 Å². The Morgan fingerprint density at radius 2 is 1.74 bits per heavy atom. The van der Waals surface area contributed by atoms with Crippen LogP contribution in [-0.2, 0) is 14.8 Å². The Hall–Kier alpha value is -2.91. The van der Waals surface area contributed by atoms with Crippen molar-refractivity contribution in [3.8, 4) is 0 Å². The number of benzene rings is 2. The van der Waals surface area contributed by atoms with Crippen LogP contribution in [0.2, 0.25) is 0 Å². The Morgan fingerprint density at radius 3 is 2.48 bits per heavy atom. The van der Waals surface area contributed by atoms with Crippen molar-refractivity contribution in [2.45, 2.75) is 36.2 Å². The summed E-state index contributed by atoms with van der Waals surface area (Å²) >= 11 is 0. The Labute approximate surface area is 181 Å². The molecule has 0 radical (unpaired) electrons. The lowest BCUT2D eigenvalue weighted by molar-refractivity contribution is -0.117. The first-order chi connectivity index (χ1) is 14.9. The second kappa shape index (κ2) is 7.65. The van der Waals surface area contributed by atoms with Gasteiger partial charge in [-0.25, -0.2) is 8.42 Å². The van der Waals surface area contributed by atoms with Crippen LogP contribution in [0.4, 0.5) is 11.4 Å². The summed E-state index contributed by atoms with van der Waals surface area (Å²) < 4.78 is 26.8. The minimum Gasteiger partial charge on any atom is -0.356 e. The molecule has 2 atom stereocenters. The molecule has 0 spiro atoms. The summed E-state index contributed by atoms with van der Waals surface area (Å²) in [4.78, 5) is 27.5. The molecule has 2 unspecified atom stereocenters. The van der Waals surface area contributed by atoms with E-state index in [4.69, 9.17) is 0 Å². The zero-order valence-corrected chi connectivity index (χ0v) is 17.8. The Kier molecular flexibility index (Phi) is 4.94. The fourth-order valence-electron chi connectivity index (χ4n) is 4.63. The van der Waals surface area contributed by atoms with Gasteiger partial charge in [-0.15, -0.1) is 0 Å². The molecule has 3 heterocycles. The van der Waals surface area contributed by atoms with Gasteiger partial charge in [0, 0.05) is 31.2 Å². The molecule has 3 aliphatic rings. The molecule has 31 heavy (non-hydrogen) atoms. The molecule has 3 aliphatic heterocycles. The molecule has 2 fully saturated rings. The molecule has 2 amide bonds. The second-order valence-corrected chi connectivity index (χ2v) is 10.2. The number of hydrogen-bond donors (Lipinski definition) is 2. The molecular weight excluding hydrogens is 416 g/mol. The predicted octanol–water partition coefficient (Wildman–Crippen LogP) is 1.80. The number of carbonyl (C=O) groups excluding carboxylic acids is 2. The summed E-state index contributed by atoms with van der Waals surface area (Å²) in [5.74, 6) is -0.337. The fraction of sp³-hybridized carbons (Fsp3) is 0.364. The van der Waals surface area contributed by atoms with Gasteiger partial charge in [0.05, 0.1) is 16.3 Å². The van der Waals surface area contributed by atoms with Crippen molar-refractivity contribution in [2.75, 3.05) is 29.9 Å². The number of rotatable bonds is 4. The van der Waals surface area contributed by atoms with Crippen molar-refractivity contribution < 1.29 is 18.0 Å². The van der Waals surface area contributed by atoms with Gasteiger partial charge in [-0.3, -0.25) is 9.59 Å². The van der Waals surface area contributed by atoms with Crippen LogP contribution in [0.15, 0.2) is 53.4 Å². The van der Waals surface area contributed by atoms with E-state index in [0.29, 0.717) is 31.6 Å². The van der Waals surface area contributed by atoms with Crippen LogP contribution in [0.3, 0.4) is 0 Å². The molecule has 2 aromatic rings. The van der Waals surface area contributed by atoms with E-state index >= 15 is 0 Å². The highest BCUT2D eigenvalue weighted by Crippen LogP contribution is 2.36. The lowest BCUT2D eigenvalue weighted by atomic mass is 10.1. The minimum atomic E-state index is -3.50. The molecule has 2 N–H and O–H groups in total. The van der Waals surface area contributed by atoms with Gasteiger partial charge in [0.15, 0.2) is 0 Å². The Bertz CT molecular complexity index is 1130. The summed E-state index contributed by atoms with van der Waals surface area (Å²) in [7, 11) is -3.50. The van der Waals surface area contributed by atoms with Gasteiger partial charge >= 0.3 is 0 Å². The quantitative estimate of drug-likeness (QED) is 0.756. The first-order valence-electron chi connectivity index (χ1n) is 10.5. The molecule has 0 saturated carbocycles. The normalized spacial score (nSPS) is 23.2. The number of para-hydroxylation sites is 2. The summed E-state index contributed by atoms with van der Waals surface area (Å²) in [5, 5.41) is 5.92. The lowest BCUT2D eigenvalue weighted by Gasteiger charge is -2.32. The molecule has 2 saturated heterocycles. The SMILES string of the molecule is O=C(NC1CC2C(=O)Nc3ccccc3N2C1)c1ccc(S(=O)(=O)N2CCCC2)cc1. The van der Waals surface area contributed by atoms with Gasteiger partial charge in [0.25, 0.3) is 5.91 Å². The molecular formula is C22H24N4O4S. The first kappa shape index (κ1) is 20.0. The van der Waals surface area contributed by atoms with E-state index in [1.165, 1.54) is 16.4 Å². The van der Waals surface area contributed by atoms with Gasteiger partial charge < -0.3 is 15.5 Å². The highest BCUT2D eigenvalue weighted by molar-refractivity contribution is 7.89. The highest BCUT2D eigenvalue weighted by atomic mass is 32.2. The van der Waals surface area contributed by atoms with Crippen LogP contribution in [0.25, 0.3) is 0 Å². The highest BCUT2D eigenvalue weighted by Gasteiger charge is 2.41. The van der Waals surface area contributed by atoms with Crippen LogP contribution < -0.4 is 15.5 Å². The van der Waals surface area contributed by atoms with Gasteiger partial charge in [-0.1, -0.05) is 12.1 Å². The van der Waals surface area contributed by atoms with Gasteiger partial charge in [0.1, 0.15) is 6.04 Å². The van der Waals surface area contributed by atoms with E-state index in [1.807, 2.05) is 29.2 Å². The number of nitrogens with zero attached hydrogens (tertiary/aromatic N) is 2. The monoisotopic (exact) mass is 440 g/mol. The largest absolute Gasteiger partial charge is 0.356 e. The number of hydrogen-bond acceptors (Lipinski definition) is 5. The van der Waals surface area contributed by atoms with Crippen molar-refractivity contribution >= 4 is 33.2 Å². The summed E-state index contributed by atoms with van der Waals surface area (Å²) in [5.41, 5.74) is 2.14. The average molecular weight is 441 g/mol. The zero-order valence-electron chi connectivity index (χ0n) is 17.0.